The number of nitrogens with one attached hydrogen (secondary N) is 2. The number of nitrogens with zero attached hydrogens (tertiary/aromatic N) is 3. The second-order valence-corrected chi connectivity index (χ2v) is 9.30. The van der Waals surface area contributed by atoms with Crippen LogP contribution in [0.1, 0.15) is 15.9 Å². The van der Waals surface area contributed by atoms with Crippen LogP contribution in [0.5, 0.6) is 0 Å². The zero-order valence-electron chi connectivity index (χ0n) is 19.7. The molecule has 1 aliphatic heterocycles. The molecular formula is C27H27N5O2S. The maximum atomic E-state index is 13.1. The molecule has 0 spiro atoms. The number of rotatable bonds is 4. The standard InChI is InChI=1S/C27H27N5O2S/c1-18-16-21(31-14-12-30(2)13-15-31)9-11-23(18)28-25(33)19-8-10-22-24(17-19)29-27(35)32(26(22)34)20-6-4-3-5-7-20/h3-11,16-17H,12-15H2,1-2H3,(H,28,33)(H,29,35). The summed E-state index contributed by atoms with van der Waals surface area (Å²) in [4.78, 5) is 34.0. The van der Waals surface area contributed by atoms with Crippen molar-refractivity contribution in [3.05, 3.63) is 93.0 Å². The Hall–Kier alpha value is -3.75. The van der Waals surface area contributed by atoms with E-state index in [0.717, 1.165) is 37.4 Å². The van der Waals surface area contributed by atoms with Gasteiger partial charge in [0, 0.05) is 43.1 Å². The second-order valence-electron chi connectivity index (χ2n) is 8.91. The number of aryl methyl sites for hydroxylation is 1. The van der Waals surface area contributed by atoms with Gasteiger partial charge in [-0.15, -0.1) is 0 Å². The Morgan fingerprint density at radius 1 is 0.943 bits per heavy atom. The fourth-order valence-corrected chi connectivity index (χ4v) is 4.71. The lowest BCUT2D eigenvalue weighted by Gasteiger charge is -2.34. The summed E-state index contributed by atoms with van der Waals surface area (Å²) in [7, 11) is 2.14. The molecule has 1 amide bonds. The van der Waals surface area contributed by atoms with E-state index in [-0.39, 0.29) is 16.2 Å². The van der Waals surface area contributed by atoms with Crippen LogP contribution in [0, 0.1) is 11.7 Å². The summed E-state index contributed by atoms with van der Waals surface area (Å²) in [5.41, 5.74) is 4.38. The molecule has 2 heterocycles. The Morgan fingerprint density at radius 2 is 1.69 bits per heavy atom. The van der Waals surface area contributed by atoms with Gasteiger partial charge in [-0.1, -0.05) is 18.2 Å². The summed E-state index contributed by atoms with van der Waals surface area (Å²) < 4.78 is 1.74. The van der Waals surface area contributed by atoms with E-state index in [4.69, 9.17) is 12.2 Å². The quantitative estimate of drug-likeness (QED) is 0.420. The number of aromatic nitrogens is 2. The van der Waals surface area contributed by atoms with E-state index in [1.54, 1.807) is 18.2 Å². The largest absolute Gasteiger partial charge is 0.369 e. The van der Waals surface area contributed by atoms with Gasteiger partial charge in [0.05, 0.1) is 16.6 Å². The van der Waals surface area contributed by atoms with Crippen molar-refractivity contribution in [3.8, 4) is 5.69 Å². The van der Waals surface area contributed by atoms with Gasteiger partial charge in [0.2, 0.25) is 0 Å². The topological polar surface area (TPSA) is 73.4 Å². The van der Waals surface area contributed by atoms with E-state index < -0.39 is 0 Å². The summed E-state index contributed by atoms with van der Waals surface area (Å²) in [6.07, 6.45) is 0. The highest BCUT2D eigenvalue weighted by molar-refractivity contribution is 7.71. The first-order chi connectivity index (χ1) is 16.9. The molecule has 35 heavy (non-hydrogen) atoms. The molecule has 0 atom stereocenters. The van der Waals surface area contributed by atoms with Crippen molar-refractivity contribution < 1.29 is 4.79 Å². The van der Waals surface area contributed by atoms with Crippen LogP contribution in [0.4, 0.5) is 11.4 Å². The molecule has 8 heteroatoms. The average Bonchev–Trinajstić information content (AvgIpc) is 2.86. The molecule has 1 fully saturated rings. The van der Waals surface area contributed by atoms with Crippen LogP contribution in [-0.2, 0) is 0 Å². The van der Waals surface area contributed by atoms with Gasteiger partial charge in [-0.25, -0.2) is 0 Å². The molecule has 0 unspecified atom stereocenters. The molecule has 1 aliphatic rings. The molecule has 7 nitrogen and oxygen atoms in total. The number of hydrogen-bond acceptors (Lipinski definition) is 5. The van der Waals surface area contributed by atoms with Crippen molar-refractivity contribution in [3.63, 3.8) is 0 Å². The Kier molecular flexibility index (Phi) is 6.23. The third-order valence-electron chi connectivity index (χ3n) is 6.50. The predicted molar refractivity (Wildman–Crippen MR) is 144 cm³/mol. The number of aromatic amines is 1. The second kappa shape index (κ2) is 9.48. The highest BCUT2D eigenvalue weighted by Gasteiger charge is 2.16. The van der Waals surface area contributed by atoms with E-state index in [0.29, 0.717) is 22.2 Å². The van der Waals surface area contributed by atoms with Crippen LogP contribution in [0.25, 0.3) is 16.6 Å². The number of anilines is 2. The predicted octanol–water partition coefficient (Wildman–Crippen LogP) is 4.36. The number of benzene rings is 3. The third-order valence-corrected chi connectivity index (χ3v) is 6.79. The van der Waals surface area contributed by atoms with Gasteiger partial charge in [0.1, 0.15) is 0 Å². The lowest BCUT2D eigenvalue weighted by molar-refractivity contribution is 0.102. The van der Waals surface area contributed by atoms with Crippen LogP contribution in [0.2, 0.25) is 0 Å². The molecule has 0 aliphatic carbocycles. The number of likely N-dealkylation sites (N-methyl/N-ethyl adjacent to an activating group) is 1. The van der Waals surface area contributed by atoms with Crippen molar-refractivity contribution >= 4 is 40.4 Å². The normalized spacial score (nSPS) is 14.3. The maximum Gasteiger partial charge on any atom is 0.266 e. The fraction of sp³-hybridized carbons (Fsp3) is 0.222. The zero-order valence-corrected chi connectivity index (χ0v) is 20.6. The lowest BCUT2D eigenvalue weighted by Crippen LogP contribution is -2.44. The number of H-pyrrole nitrogens is 1. The SMILES string of the molecule is Cc1cc(N2CCN(C)CC2)ccc1NC(=O)c1ccc2c(=O)n(-c3ccccc3)c(=S)[nH]c2c1. The molecule has 5 rings (SSSR count). The van der Waals surface area contributed by atoms with Crippen molar-refractivity contribution in [2.75, 3.05) is 43.4 Å². The highest BCUT2D eigenvalue weighted by atomic mass is 32.1. The molecule has 0 radical (unpaired) electrons. The van der Waals surface area contributed by atoms with Crippen LogP contribution in [0.3, 0.4) is 0 Å². The Morgan fingerprint density at radius 3 is 2.40 bits per heavy atom. The van der Waals surface area contributed by atoms with E-state index in [2.05, 4.69) is 39.3 Å². The molecule has 0 saturated carbocycles. The van der Waals surface area contributed by atoms with Crippen molar-refractivity contribution in [2.24, 2.45) is 0 Å². The maximum absolute atomic E-state index is 13.1. The highest BCUT2D eigenvalue weighted by Crippen LogP contribution is 2.24. The monoisotopic (exact) mass is 485 g/mol. The fourth-order valence-electron chi connectivity index (χ4n) is 4.41. The third kappa shape index (κ3) is 4.62. The number of piperazine rings is 1. The molecule has 3 aromatic carbocycles. The van der Waals surface area contributed by atoms with Crippen LogP contribution in [-0.4, -0.2) is 53.6 Å². The lowest BCUT2D eigenvalue weighted by atomic mass is 10.1. The number of fused-ring (bicyclic) bond motifs is 1. The van der Waals surface area contributed by atoms with Gasteiger partial charge in [-0.05, 0) is 80.3 Å². The van der Waals surface area contributed by atoms with Crippen molar-refractivity contribution in [1.29, 1.82) is 0 Å². The average molecular weight is 486 g/mol. The summed E-state index contributed by atoms with van der Waals surface area (Å²) in [6, 6.07) is 20.4. The molecular weight excluding hydrogens is 458 g/mol. The van der Waals surface area contributed by atoms with Gasteiger partial charge in [-0.3, -0.25) is 14.2 Å². The van der Waals surface area contributed by atoms with Gasteiger partial charge >= 0.3 is 0 Å². The zero-order chi connectivity index (χ0) is 24.5. The smallest absolute Gasteiger partial charge is 0.266 e. The van der Waals surface area contributed by atoms with E-state index in [1.807, 2.05) is 43.3 Å². The molecule has 4 aromatic rings. The number of carbonyl (C=O) groups excluding carboxylic acids is 1. The first-order valence-corrected chi connectivity index (χ1v) is 12.0. The summed E-state index contributed by atoms with van der Waals surface area (Å²) in [5, 5.41) is 3.47. The van der Waals surface area contributed by atoms with Crippen LogP contribution >= 0.6 is 12.2 Å². The molecule has 178 valence electrons. The first kappa shape index (κ1) is 23.0. The summed E-state index contributed by atoms with van der Waals surface area (Å²) >= 11 is 5.45. The van der Waals surface area contributed by atoms with E-state index >= 15 is 0 Å². The Labute approximate surface area is 208 Å². The summed E-state index contributed by atoms with van der Waals surface area (Å²) in [6.45, 7) is 6.06. The first-order valence-electron chi connectivity index (χ1n) is 11.6. The minimum Gasteiger partial charge on any atom is -0.369 e. The Bertz CT molecular complexity index is 1520. The molecule has 0 bridgehead atoms. The van der Waals surface area contributed by atoms with Crippen molar-refractivity contribution in [2.45, 2.75) is 6.92 Å². The van der Waals surface area contributed by atoms with Gasteiger partial charge in [0.25, 0.3) is 11.5 Å². The number of carbonyl (C=O) groups is 1. The van der Waals surface area contributed by atoms with Crippen molar-refractivity contribution in [1.82, 2.24) is 14.5 Å². The molecule has 2 N–H and O–H groups in total. The van der Waals surface area contributed by atoms with Gasteiger partial charge in [-0.2, -0.15) is 0 Å². The molecule has 1 aromatic heterocycles. The number of hydrogen-bond donors (Lipinski definition) is 2. The number of para-hydroxylation sites is 1. The van der Waals surface area contributed by atoms with Gasteiger partial charge in [0.15, 0.2) is 4.77 Å². The van der Waals surface area contributed by atoms with E-state index in [9.17, 15) is 9.59 Å². The number of amides is 1. The molecule has 1 saturated heterocycles. The minimum atomic E-state index is -0.242. The van der Waals surface area contributed by atoms with Gasteiger partial charge < -0.3 is 20.1 Å². The Balaban J connectivity index is 1.39. The van der Waals surface area contributed by atoms with Crippen LogP contribution in [0.15, 0.2) is 71.5 Å². The summed E-state index contributed by atoms with van der Waals surface area (Å²) in [5.74, 6) is -0.242. The van der Waals surface area contributed by atoms with E-state index in [1.165, 1.54) is 10.3 Å². The minimum absolute atomic E-state index is 0.225. The van der Waals surface area contributed by atoms with Crippen LogP contribution < -0.4 is 15.8 Å².